The molecule has 1 fully saturated rings. The molecule has 0 atom stereocenters. The van der Waals surface area contributed by atoms with Gasteiger partial charge in [-0.25, -0.2) is 0 Å². The molecule has 0 aliphatic heterocycles. The van der Waals surface area contributed by atoms with Crippen molar-refractivity contribution in [2.45, 2.75) is 32.6 Å². The van der Waals surface area contributed by atoms with E-state index in [1.807, 2.05) is 0 Å². The Labute approximate surface area is 50.3 Å². The van der Waals surface area contributed by atoms with Gasteiger partial charge in [0, 0.05) is 0 Å². The molecule has 1 rings (SSSR count). The van der Waals surface area contributed by atoms with Gasteiger partial charge in [0.25, 0.3) is 0 Å². The molecule has 1 aliphatic rings. The minimum atomic E-state index is 0.111. The molecule has 1 nitrogen and oxygen atoms in total. The molecule has 1 saturated carbocycles. The molecule has 0 spiro atoms. The Morgan fingerprint density at radius 3 is 2.25 bits per heavy atom. The zero-order valence-electron chi connectivity index (χ0n) is 5.28. The lowest BCUT2D eigenvalue weighted by Gasteiger charge is -2.33. The van der Waals surface area contributed by atoms with Crippen molar-refractivity contribution in [1.82, 2.24) is 0 Å². The van der Waals surface area contributed by atoms with Gasteiger partial charge in [-0.2, -0.15) is 5.26 Å². The van der Waals surface area contributed by atoms with Crippen molar-refractivity contribution in [3.8, 4) is 6.07 Å². The number of hydrogen-bond donors (Lipinski definition) is 0. The van der Waals surface area contributed by atoms with Crippen molar-refractivity contribution in [2.75, 3.05) is 0 Å². The summed E-state index contributed by atoms with van der Waals surface area (Å²) in [6.45, 7) is 2.10. The average Bonchev–Trinajstić information content (AvgIpc) is 1.67. The lowest BCUT2D eigenvalue weighted by molar-refractivity contribution is 0.207. The second-order valence-corrected chi connectivity index (χ2v) is 2.60. The van der Waals surface area contributed by atoms with E-state index in [2.05, 4.69) is 13.0 Å². The van der Waals surface area contributed by atoms with E-state index in [9.17, 15) is 0 Å². The normalized spacial score (nSPS) is 23.5. The van der Waals surface area contributed by atoms with Crippen molar-refractivity contribution >= 4 is 0 Å². The number of hydrogen-bond acceptors (Lipinski definition) is 1. The molecule has 0 aromatic heterocycles. The van der Waals surface area contributed by atoms with Crippen LogP contribution in [-0.4, -0.2) is 0 Å². The fourth-order valence-corrected chi connectivity index (χ4v) is 1.15. The summed E-state index contributed by atoms with van der Waals surface area (Å²) in [5.41, 5.74) is 0.111. The minimum Gasteiger partial charge on any atom is -0.198 e. The molecule has 0 unspecified atom stereocenters. The van der Waals surface area contributed by atoms with E-state index in [0.29, 0.717) is 0 Å². The largest absolute Gasteiger partial charge is 0.198 e. The summed E-state index contributed by atoms with van der Waals surface area (Å²) in [4.78, 5) is 0. The van der Waals surface area contributed by atoms with E-state index in [0.717, 1.165) is 19.3 Å². The lowest BCUT2D eigenvalue weighted by Crippen LogP contribution is -2.25. The molecule has 8 heavy (non-hydrogen) atoms. The highest BCUT2D eigenvalue weighted by atomic mass is 14.4. The number of rotatable bonds is 1. The predicted molar refractivity (Wildman–Crippen MR) is 32.2 cm³/mol. The number of nitriles is 1. The van der Waals surface area contributed by atoms with Crippen LogP contribution < -0.4 is 0 Å². The van der Waals surface area contributed by atoms with Gasteiger partial charge in [0.15, 0.2) is 0 Å². The molecular formula is C7H11N. The van der Waals surface area contributed by atoms with Gasteiger partial charge in [0.1, 0.15) is 0 Å². The molecule has 0 aromatic carbocycles. The lowest BCUT2D eigenvalue weighted by atomic mass is 9.68. The Hall–Kier alpha value is -0.510. The molecular weight excluding hydrogens is 98.1 g/mol. The van der Waals surface area contributed by atoms with Crippen molar-refractivity contribution in [2.24, 2.45) is 5.41 Å². The Bertz CT molecular complexity index is 111. The first-order valence-electron chi connectivity index (χ1n) is 3.24. The maximum Gasteiger partial charge on any atom is 0.0689 e. The predicted octanol–water partition coefficient (Wildman–Crippen LogP) is 2.09. The van der Waals surface area contributed by atoms with Gasteiger partial charge in [0.2, 0.25) is 0 Å². The van der Waals surface area contributed by atoms with Crippen LogP contribution in [0.15, 0.2) is 0 Å². The van der Waals surface area contributed by atoms with Crippen molar-refractivity contribution in [3.63, 3.8) is 0 Å². The van der Waals surface area contributed by atoms with Crippen LogP contribution in [-0.2, 0) is 0 Å². The summed E-state index contributed by atoms with van der Waals surface area (Å²) >= 11 is 0. The van der Waals surface area contributed by atoms with E-state index in [1.54, 1.807) is 0 Å². The fraction of sp³-hybridized carbons (Fsp3) is 0.857. The van der Waals surface area contributed by atoms with E-state index < -0.39 is 0 Å². The highest BCUT2D eigenvalue weighted by Gasteiger charge is 2.34. The monoisotopic (exact) mass is 109 g/mol. The second kappa shape index (κ2) is 1.78. The van der Waals surface area contributed by atoms with Gasteiger partial charge in [-0.05, 0) is 19.3 Å². The van der Waals surface area contributed by atoms with Crippen molar-refractivity contribution in [1.29, 1.82) is 5.26 Å². The first kappa shape index (κ1) is 5.62. The maximum atomic E-state index is 8.59. The van der Waals surface area contributed by atoms with Gasteiger partial charge in [0.05, 0.1) is 11.5 Å². The zero-order valence-corrected chi connectivity index (χ0v) is 5.28. The standard InChI is InChI=1S/C7H11N/c1-2-7(6-8)4-3-5-7/h2-5H2,1H3. The topological polar surface area (TPSA) is 23.8 Å². The molecule has 0 aromatic rings. The first-order valence-corrected chi connectivity index (χ1v) is 3.24. The fourth-order valence-electron chi connectivity index (χ4n) is 1.15. The summed E-state index contributed by atoms with van der Waals surface area (Å²) < 4.78 is 0. The van der Waals surface area contributed by atoms with E-state index in [-0.39, 0.29) is 5.41 Å². The van der Waals surface area contributed by atoms with E-state index in [4.69, 9.17) is 5.26 Å². The average molecular weight is 109 g/mol. The van der Waals surface area contributed by atoms with Gasteiger partial charge in [-0.1, -0.05) is 13.3 Å². The second-order valence-electron chi connectivity index (χ2n) is 2.60. The van der Waals surface area contributed by atoms with Gasteiger partial charge in [-0.3, -0.25) is 0 Å². The van der Waals surface area contributed by atoms with Crippen LogP contribution in [0.4, 0.5) is 0 Å². The Kier molecular flexibility index (Phi) is 1.25. The number of nitrogens with zero attached hydrogens (tertiary/aromatic N) is 1. The SMILES string of the molecule is CCC1(C#N)CCC1. The summed E-state index contributed by atoms with van der Waals surface area (Å²) in [5, 5.41) is 8.59. The maximum absolute atomic E-state index is 8.59. The zero-order chi connectivity index (χ0) is 6.04. The Morgan fingerprint density at radius 2 is 2.25 bits per heavy atom. The smallest absolute Gasteiger partial charge is 0.0689 e. The summed E-state index contributed by atoms with van der Waals surface area (Å²) in [5.74, 6) is 0. The Balaban J connectivity index is 2.49. The van der Waals surface area contributed by atoms with Crippen LogP contribution in [0.2, 0.25) is 0 Å². The molecule has 0 N–H and O–H groups in total. The van der Waals surface area contributed by atoms with Crippen molar-refractivity contribution < 1.29 is 0 Å². The molecule has 1 heteroatoms. The molecule has 0 radical (unpaired) electrons. The molecule has 0 amide bonds. The van der Waals surface area contributed by atoms with Crippen LogP contribution in [0.3, 0.4) is 0 Å². The van der Waals surface area contributed by atoms with Gasteiger partial charge in [-0.15, -0.1) is 0 Å². The third kappa shape index (κ3) is 0.608. The molecule has 0 bridgehead atoms. The molecule has 1 aliphatic carbocycles. The third-order valence-electron chi connectivity index (χ3n) is 2.22. The first-order chi connectivity index (χ1) is 3.83. The van der Waals surface area contributed by atoms with Crippen LogP contribution in [0, 0.1) is 16.7 Å². The van der Waals surface area contributed by atoms with Gasteiger partial charge >= 0.3 is 0 Å². The highest BCUT2D eigenvalue weighted by molar-refractivity contribution is 5.03. The van der Waals surface area contributed by atoms with E-state index >= 15 is 0 Å². The van der Waals surface area contributed by atoms with Crippen LogP contribution in [0.25, 0.3) is 0 Å². The minimum absolute atomic E-state index is 0.111. The van der Waals surface area contributed by atoms with Gasteiger partial charge < -0.3 is 0 Å². The van der Waals surface area contributed by atoms with Crippen molar-refractivity contribution in [3.05, 3.63) is 0 Å². The Morgan fingerprint density at radius 1 is 1.62 bits per heavy atom. The summed E-state index contributed by atoms with van der Waals surface area (Å²) in [6.07, 6.45) is 4.59. The van der Waals surface area contributed by atoms with Crippen LogP contribution >= 0.6 is 0 Å². The van der Waals surface area contributed by atoms with Crippen LogP contribution in [0.5, 0.6) is 0 Å². The quantitative estimate of drug-likeness (QED) is 0.505. The molecule has 44 valence electrons. The van der Waals surface area contributed by atoms with E-state index in [1.165, 1.54) is 6.42 Å². The highest BCUT2D eigenvalue weighted by Crippen LogP contribution is 2.42. The molecule has 0 saturated heterocycles. The third-order valence-corrected chi connectivity index (χ3v) is 2.22. The summed E-state index contributed by atoms with van der Waals surface area (Å²) in [7, 11) is 0. The van der Waals surface area contributed by atoms with Crippen LogP contribution in [0.1, 0.15) is 32.6 Å². The summed E-state index contributed by atoms with van der Waals surface area (Å²) in [6, 6.07) is 2.36. The molecule has 0 heterocycles.